The summed E-state index contributed by atoms with van der Waals surface area (Å²) in [6.45, 7) is 0.699. The van der Waals surface area contributed by atoms with E-state index in [1.165, 1.54) is 38.5 Å². The fourth-order valence-electron chi connectivity index (χ4n) is 11.0. The van der Waals surface area contributed by atoms with Crippen LogP contribution >= 0.6 is 9.24 Å². The molecule has 11 heteroatoms. The van der Waals surface area contributed by atoms with E-state index >= 15 is 0 Å². The summed E-state index contributed by atoms with van der Waals surface area (Å²) in [6.07, 6.45) is 8.88. The van der Waals surface area contributed by atoms with Crippen LogP contribution in [0.2, 0.25) is 0 Å². The van der Waals surface area contributed by atoms with Gasteiger partial charge >= 0.3 is 219 Å². The first kappa shape index (κ1) is 31.9. The van der Waals surface area contributed by atoms with Crippen molar-refractivity contribution >= 4 is 45.3 Å². The van der Waals surface area contributed by atoms with Crippen LogP contribution in [-0.2, 0) is 22.6 Å². The van der Waals surface area contributed by atoms with Gasteiger partial charge in [0.15, 0.2) is 0 Å². The average Bonchev–Trinajstić information content (AvgIpc) is 2.96. The van der Waals surface area contributed by atoms with Gasteiger partial charge in [0.2, 0.25) is 0 Å². The number of rotatable bonds is 7. The number of carbonyl (C=O) groups excluding carboxylic acids is 2. The molecule has 1 aromatic rings. The van der Waals surface area contributed by atoms with Gasteiger partial charge in [0.05, 0.1) is 0 Å². The van der Waals surface area contributed by atoms with Crippen LogP contribution in [0.5, 0.6) is 5.75 Å². The summed E-state index contributed by atoms with van der Waals surface area (Å²) >= 11 is 0. The van der Waals surface area contributed by atoms with Gasteiger partial charge < -0.3 is 0 Å². The van der Waals surface area contributed by atoms with E-state index in [1.807, 2.05) is 20.2 Å². The molecule has 5 saturated carbocycles. The number of nitrogens with one attached hydrogen (secondary N) is 1. The van der Waals surface area contributed by atoms with Crippen molar-refractivity contribution < 1.29 is 24.5 Å². The molecular formula is C35H47BN4O5P. The summed E-state index contributed by atoms with van der Waals surface area (Å²) in [7, 11) is 18.4. The van der Waals surface area contributed by atoms with Gasteiger partial charge in [-0.1, -0.05) is 0 Å². The SMILES string of the molecule is [B]=C1C(C(N)=O)=C(O)[C@@H](N(C)C)[C@@H]2C[C@@H]3Cc4c(c(OC)cc(CNC56CC7CC(CC(C7)C5)C6)c4N(C)C)C(O)=C3C(=O)[C@]12P. The number of Topliss-reactive ketones (excluding diaryl/α,β-unsaturated/α-hetero) is 1. The minimum atomic E-state index is -1.43. The van der Waals surface area contributed by atoms with Crippen LogP contribution in [0.3, 0.4) is 0 Å². The fourth-order valence-corrected chi connectivity index (χ4v) is 11.6. The molecule has 46 heavy (non-hydrogen) atoms. The third-order valence-corrected chi connectivity index (χ3v) is 13.3. The molecule has 5 fully saturated rings. The van der Waals surface area contributed by atoms with Gasteiger partial charge in [0.1, 0.15) is 0 Å². The van der Waals surface area contributed by atoms with E-state index in [-0.39, 0.29) is 45.4 Å². The topological polar surface area (TPSA) is 128 Å². The molecule has 0 spiro atoms. The first-order valence-electron chi connectivity index (χ1n) is 16.7. The Labute approximate surface area is 275 Å². The normalized spacial score (nSPS) is 36.1. The van der Waals surface area contributed by atoms with Crippen LogP contribution in [0.4, 0.5) is 5.69 Å². The van der Waals surface area contributed by atoms with Crippen LogP contribution in [0, 0.1) is 29.6 Å². The quantitative estimate of drug-likeness (QED) is 0.263. The summed E-state index contributed by atoms with van der Waals surface area (Å²) in [5.74, 6) is 0.647. The van der Waals surface area contributed by atoms with Crippen LogP contribution in [0.25, 0.3) is 5.76 Å². The van der Waals surface area contributed by atoms with Crippen molar-refractivity contribution in [2.75, 3.05) is 40.2 Å². The first-order chi connectivity index (χ1) is 21.7. The summed E-state index contributed by atoms with van der Waals surface area (Å²) in [6, 6.07) is 1.35. The van der Waals surface area contributed by atoms with Crippen LogP contribution in [0.15, 0.2) is 23.0 Å². The molecule has 5 atom stereocenters. The molecule has 1 unspecified atom stereocenters. The predicted octanol–water partition coefficient (Wildman–Crippen LogP) is 3.05. The second kappa shape index (κ2) is 10.9. The number of hydrogen-bond donors (Lipinski definition) is 4. The van der Waals surface area contributed by atoms with Crippen LogP contribution in [0.1, 0.15) is 61.6 Å². The number of amides is 1. The molecule has 245 valence electrons. The van der Waals surface area contributed by atoms with Crippen molar-refractivity contribution in [2.45, 2.75) is 74.6 Å². The Morgan fingerprint density at radius 1 is 1.11 bits per heavy atom. The molecule has 4 bridgehead atoms. The maximum atomic E-state index is 14.6. The van der Waals surface area contributed by atoms with Crippen molar-refractivity contribution in [1.29, 1.82) is 0 Å². The maximum absolute atomic E-state index is 14.6. The molecule has 7 aliphatic rings. The van der Waals surface area contributed by atoms with E-state index in [1.54, 1.807) is 26.1 Å². The number of benzene rings is 1. The number of allylic oxidation sites excluding steroid dienone is 1. The summed E-state index contributed by atoms with van der Waals surface area (Å²) in [5, 5.41) is 25.9. The minimum absolute atomic E-state index is 0.0767. The van der Waals surface area contributed by atoms with Crippen molar-refractivity contribution in [2.24, 2.45) is 35.3 Å². The van der Waals surface area contributed by atoms with E-state index in [4.69, 9.17) is 18.0 Å². The number of fused-ring (bicyclic) bond motifs is 3. The number of methoxy groups -OCH3 is 1. The predicted molar refractivity (Wildman–Crippen MR) is 184 cm³/mol. The summed E-state index contributed by atoms with van der Waals surface area (Å²) in [5.41, 5.74) is 9.48. The molecule has 1 radical (unpaired) electrons. The van der Waals surface area contributed by atoms with Crippen molar-refractivity contribution in [3.63, 3.8) is 0 Å². The van der Waals surface area contributed by atoms with E-state index in [0.29, 0.717) is 30.7 Å². The van der Waals surface area contributed by atoms with Crippen molar-refractivity contribution in [3.8, 4) is 5.75 Å². The number of likely N-dealkylation sites (N-methyl/N-ethyl adjacent to an activating group) is 1. The van der Waals surface area contributed by atoms with Gasteiger partial charge in [0, 0.05) is 0 Å². The zero-order valence-electron chi connectivity index (χ0n) is 27.7. The number of hydrogen-bond acceptors (Lipinski definition) is 8. The van der Waals surface area contributed by atoms with E-state index in [0.717, 1.165) is 34.6 Å². The number of carbonyl (C=O) groups is 2. The van der Waals surface area contributed by atoms with Gasteiger partial charge in [-0.05, 0) is 56.3 Å². The Kier molecular flexibility index (Phi) is 7.58. The molecular weight excluding hydrogens is 598 g/mol. The summed E-state index contributed by atoms with van der Waals surface area (Å²) < 4.78 is 5.94. The Hall–Kier alpha value is -2.68. The number of ketones is 1. The van der Waals surface area contributed by atoms with E-state index in [9.17, 15) is 19.8 Å². The van der Waals surface area contributed by atoms with E-state index in [2.05, 4.69) is 19.5 Å². The molecule has 5 N–H and O–H groups in total. The van der Waals surface area contributed by atoms with Crippen LogP contribution < -0.4 is 20.7 Å². The fraction of sp³-hybridized carbons (Fsp3) is 0.629. The Balaban J connectivity index is 1.31. The molecule has 0 aliphatic heterocycles. The molecule has 8 rings (SSSR count). The molecule has 7 aliphatic carbocycles. The number of aliphatic hydroxyl groups is 2. The van der Waals surface area contributed by atoms with Gasteiger partial charge in [-0.2, -0.15) is 0 Å². The third-order valence-electron chi connectivity index (χ3n) is 12.3. The van der Waals surface area contributed by atoms with Crippen molar-refractivity contribution in [1.82, 2.24) is 10.2 Å². The molecule has 0 saturated heterocycles. The number of anilines is 1. The molecule has 0 heterocycles. The number of aliphatic hydroxyl groups excluding tert-OH is 2. The standard InChI is InChI=1S/C35H47BN4O5P/c1-39(2)27-20(15-38-34-12-16-6-17(13-34)8-18(7-16)14-34)11-23(45-5)25-21(27)9-19-10-22-28(40(3)4)30(42)26(33(37)44)31(36)35(22,46)32(43)24(19)29(25)41/h11,16-19,22,28,38,41-42H,6-10,12-15,46H2,1-5H3,(H2,37,44)/t16?,17?,18?,19-,22-,28-,34?,35+/m0/s1. The van der Waals surface area contributed by atoms with Crippen LogP contribution in [-0.4, -0.2) is 91.8 Å². The zero-order chi connectivity index (χ0) is 33.0. The molecule has 0 aromatic heterocycles. The molecule has 1 amide bonds. The van der Waals surface area contributed by atoms with Gasteiger partial charge in [-0.15, -0.1) is 0 Å². The van der Waals surface area contributed by atoms with Gasteiger partial charge in [-0.3, -0.25) is 0 Å². The molecule has 9 nitrogen and oxygen atoms in total. The number of primary amides is 1. The number of nitrogens with two attached hydrogens (primary N) is 1. The first-order valence-corrected chi connectivity index (χ1v) is 17.2. The second-order valence-electron chi connectivity index (χ2n) is 15.5. The van der Waals surface area contributed by atoms with E-state index < -0.39 is 23.0 Å². The average molecular weight is 646 g/mol. The number of ether oxygens (including phenoxy) is 1. The molecule has 1 aromatic carbocycles. The monoisotopic (exact) mass is 645 g/mol. The number of nitrogens with zero attached hydrogens (tertiary/aromatic N) is 2. The van der Waals surface area contributed by atoms with Gasteiger partial charge in [-0.25, -0.2) is 0 Å². The van der Waals surface area contributed by atoms with Crippen molar-refractivity contribution in [3.05, 3.63) is 39.7 Å². The third kappa shape index (κ3) is 4.49. The second-order valence-corrected chi connectivity index (χ2v) is 16.4. The Morgan fingerprint density at radius 2 is 1.72 bits per heavy atom. The van der Waals surface area contributed by atoms with Gasteiger partial charge in [0.25, 0.3) is 0 Å². The summed E-state index contributed by atoms with van der Waals surface area (Å²) in [4.78, 5) is 31.0. The Morgan fingerprint density at radius 3 is 2.24 bits per heavy atom. The zero-order valence-corrected chi connectivity index (χ0v) is 28.8. The Bertz CT molecular complexity index is 1580.